The first kappa shape index (κ1) is 18.8. The Morgan fingerprint density at radius 2 is 2.03 bits per heavy atom. The second-order valence-electron chi connectivity index (χ2n) is 6.49. The number of fused-ring (bicyclic) bond motifs is 1. The third kappa shape index (κ3) is 3.50. The van der Waals surface area contributed by atoms with E-state index in [4.69, 9.17) is 16.3 Å². The summed E-state index contributed by atoms with van der Waals surface area (Å²) < 4.78 is 6.86. The summed E-state index contributed by atoms with van der Waals surface area (Å²) in [4.78, 5) is 17.4. The molecule has 3 aromatic rings. The van der Waals surface area contributed by atoms with Gasteiger partial charge in [0, 0.05) is 16.4 Å². The number of anilines is 2. The highest BCUT2D eigenvalue weighted by Crippen LogP contribution is 2.38. The van der Waals surface area contributed by atoms with Gasteiger partial charge in [0.05, 0.1) is 12.7 Å². The maximum atomic E-state index is 13.2. The monoisotopic (exact) mass is 411 g/mol. The Bertz CT molecular complexity index is 1110. The maximum Gasteiger partial charge on any atom is 0.255 e. The van der Waals surface area contributed by atoms with Crippen LogP contribution in [0.1, 0.15) is 18.5 Å². The predicted octanol–water partition coefficient (Wildman–Crippen LogP) is 3.57. The Kier molecular flexibility index (Phi) is 4.85. The zero-order valence-corrected chi connectivity index (χ0v) is 16.4. The van der Waals surface area contributed by atoms with Crippen LogP contribution in [0.25, 0.3) is 0 Å². The molecule has 0 fully saturated rings. The minimum absolute atomic E-state index is 0.0110. The summed E-state index contributed by atoms with van der Waals surface area (Å²) in [6.07, 6.45) is 1.42. The van der Waals surface area contributed by atoms with Crippen molar-refractivity contribution in [2.75, 3.05) is 17.7 Å². The van der Waals surface area contributed by atoms with Gasteiger partial charge in [-0.25, -0.2) is 4.68 Å². The fourth-order valence-electron chi connectivity index (χ4n) is 3.29. The van der Waals surface area contributed by atoms with E-state index in [0.717, 1.165) is 0 Å². The van der Waals surface area contributed by atoms with Crippen LogP contribution in [0.5, 0.6) is 11.5 Å². The van der Waals surface area contributed by atoms with E-state index in [-0.39, 0.29) is 11.7 Å². The minimum atomic E-state index is -0.560. The lowest BCUT2D eigenvalue weighted by atomic mass is 9.94. The van der Waals surface area contributed by atoms with Gasteiger partial charge in [0.25, 0.3) is 5.91 Å². The first-order chi connectivity index (χ1) is 14.0. The van der Waals surface area contributed by atoms with Crippen LogP contribution < -0.4 is 15.4 Å². The average Bonchev–Trinajstić information content (AvgIpc) is 3.17. The van der Waals surface area contributed by atoms with Crippen LogP contribution in [0.4, 0.5) is 11.6 Å². The topological polar surface area (TPSA) is 101 Å². The van der Waals surface area contributed by atoms with Gasteiger partial charge in [0.1, 0.15) is 12.4 Å². The summed E-state index contributed by atoms with van der Waals surface area (Å²) in [6.45, 7) is 1.81. The van der Waals surface area contributed by atoms with E-state index in [0.29, 0.717) is 39.2 Å². The SMILES string of the molecule is COc1cc([C@@H]2C(C(=O)Nc3ccc(Cl)cc3)=C(C)Nc3ncnn32)ccc1O. The number of aromatic nitrogens is 3. The van der Waals surface area contributed by atoms with Crippen molar-refractivity contribution >= 4 is 29.1 Å². The van der Waals surface area contributed by atoms with Gasteiger partial charge in [-0.15, -0.1) is 0 Å². The number of carbonyl (C=O) groups is 1. The number of nitrogens with one attached hydrogen (secondary N) is 2. The molecule has 8 nitrogen and oxygen atoms in total. The summed E-state index contributed by atoms with van der Waals surface area (Å²) >= 11 is 5.93. The zero-order chi connectivity index (χ0) is 20.5. The molecule has 1 atom stereocenters. The fraction of sp³-hybridized carbons (Fsp3) is 0.150. The number of allylic oxidation sites excluding steroid dienone is 1. The van der Waals surface area contributed by atoms with E-state index < -0.39 is 6.04 Å². The Morgan fingerprint density at radius 1 is 1.28 bits per heavy atom. The number of hydrogen-bond acceptors (Lipinski definition) is 6. The summed E-state index contributed by atoms with van der Waals surface area (Å²) in [6, 6.07) is 11.2. The lowest BCUT2D eigenvalue weighted by Gasteiger charge is -2.29. The molecule has 148 valence electrons. The molecule has 0 saturated heterocycles. The first-order valence-electron chi connectivity index (χ1n) is 8.79. The number of nitrogens with zero attached hydrogens (tertiary/aromatic N) is 3. The number of rotatable bonds is 4. The Morgan fingerprint density at radius 3 is 2.76 bits per heavy atom. The summed E-state index contributed by atoms with van der Waals surface area (Å²) in [5, 5.41) is 20.8. The lowest BCUT2D eigenvalue weighted by molar-refractivity contribution is -0.113. The number of halogens is 1. The smallest absolute Gasteiger partial charge is 0.255 e. The highest BCUT2D eigenvalue weighted by Gasteiger charge is 2.33. The second-order valence-corrected chi connectivity index (χ2v) is 6.92. The van der Waals surface area contributed by atoms with E-state index in [1.54, 1.807) is 48.0 Å². The van der Waals surface area contributed by atoms with Crippen LogP contribution in [0.3, 0.4) is 0 Å². The summed E-state index contributed by atoms with van der Waals surface area (Å²) in [5.74, 6) is 0.535. The van der Waals surface area contributed by atoms with Crippen molar-refractivity contribution in [3.63, 3.8) is 0 Å². The van der Waals surface area contributed by atoms with Crippen LogP contribution in [0.2, 0.25) is 5.02 Å². The number of phenolic OH excluding ortho intramolecular Hbond substituents is 1. The van der Waals surface area contributed by atoms with Gasteiger partial charge in [-0.1, -0.05) is 17.7 Å². The Hall–Kier alpha value is -3.52. The Balaban J connectivity index is 1.77. The Labute approximate surface area is 171 Å². The highest BCUT2D eigenvalue weighted by atomic mass is 35.5. The van der Waals surface area contributed by atoms with Gasteiger partial charge in [0.15, 0.2) is 11.5 Å². The minimum Gasteiger partial charge on any atom is -0.504 e. The molecule has 0 aliphatic carbocycles. The molecule has 2 heterocycles. The van der Waals surface area contributed by atoms with Crippen molar-refractivity contribution < 1.29 is 14.6 Å². The molecule has 0 spiro atoms. The molecule has 1 aliphatic heterocycles. The molecule has 2 aromatic carbocycles. The summed E-state index contributed by atoms with van der Waals surface area (Å²) in [5.41, 5.74) is 2.44. The maximum absolute atomic E-state index is 13.2. The van der Waals surface area contributed by atoms with Crippen LogP contribution in [-0.4, -0.2) is 32.9 Å². The predicted molar refractivity (Wildman–Crippen MR) is 109 cm³/mol. The zero-order valence-electron chi connectivity index (χ0n) is 15.7. The van der Waals surface area contributed by atoms with Crippen LogP contribution in [0, 0.1) is 0 Å². The normalized spacial score (nSPS) is 15.5. The molecule has 0 radical (unpaired) electrons. The molecule has 29 heavy (non-hydrogen) atoms. The van der Waals surface area contributed by atoms with E-state index in [1.165, 1.54) is 19.5 Å². The number of ether oxygens (including phenoxy) is 1. The number of amides is 1. The van der Waals surface area contributed by atoms with Crippen molar-refractivity contribution in [2.24, 2.45) is 0 Å². The van der Waals surface area contributed by atoms with Gasteiger partial charge >= 0.3 is 0 Å². The molecular weight excluding hydrogens is 394 g/mol. The van der Waals surface area contributed by atoms with E-state index in [1.807, 2.05) is 0 Å². The number of aromatic hydroxyl groups is 1. The number of methoxy groups -OCH3 is 1. The van der Waals surface area contributed by atoms with Crippen molar-refractivity contribution in [1.29, 1.82) is 0 Å². The van der Waals surface area contributed by atoms with Gasteiger partial charge in [-0.05, 0) is 48.9 Å². The van der Waals surface area contributed by atoms with E-state index in [2.05, 4.69) is 20.7 Å². The molecule has 4 rings (SSSR count). The molecule has 0 unspecified atom stereocenters. The number of phenols is 1. The van der Waals surface area contributed by atoms with Crippen molar-refractivity contribution in [3.05, 3.63) is 70.6 Å². The molecule has 0 saturated carbocycles. The molecule has 1 aromatic heterocycles. The fourth-order valence-corrected chi connectivity index (χ4v) is 3.42. The molecule has 1 amide bonds. The van der Waals surface area contributed by atoms with Crippen molar-refractivity contribution in [2.45, 2.75) is 13.0 Å². The second kappa shape index (κ2) is 7.48. The van der Waals surface area contributed by atoms with Gasteiger partial charge in [-0.2, -0.15) is 10.1 Å². The van der Waals surface area contributed by atoms with Crippen LogP contribution >= 0.6 is 11.6 Å². The van der Waals surface area contributed by atoms with Gasteiger partial charge in [-0.3, -0.25) is 4.79 Å². The molecular formula is C20H18ClN5O3. The third-order valence-corrected chi connectivity index (χ3v) is 4.91. The first-order valence-corrected chi connectivity index (χ1v) is 9.17. The molecule has 0 bridgehead atoms. The lowest BCUT2D eigenvalue weighted by Crippen LogP contribution is -2.31. The van der Waals surface area contributed by atoms with E-state index in [9.17, 15) is 9.90 Å². The van der Waals surface area contributed by atoms with Gasteiger partial charge < -0.3 is 20.5 Å². The number of hydrogen-bond donors (Lipinski definition) is 3. The molecule has 9 heteroatoms. The van der Waals surface area contributed by atoms with Crippen molar-refractivity contribution in [1.82, 2.24) is 14.8 Å². The average molecular weight is 412 g/mol. The molecule has 1 aliphatic rings. The summed E-state index contributed by atoms with van der Waals surface area (Å²) in [7, 11) is 1.47. The largest absolute Gasteiger partial charge is 0.504 e. The standard InChI is InChI=1S/C20H18ClN5O3/c1-11-17(19(28)25-14-6-4-13(21)5-7-14)18(26-20(24-11)22-10-23-26)12-3-8-15(27)16(9-12)29-2/h3-10,18,27H,1-2H3,(H,25,28)(H,22,23,24)/t18-/m1/s1. The number of benzene rings is 2. The molecule has 3 N–H and O–H groups in total. The van der Waals surface area contributed by atoms with Crippen LogP contribution in [0.15, 0.2) is 60.1 Å². The van der Waals surface area contributed by atoms with Crippen LogP contribution in [-0.2, 0) is 4.79 Å². The highest BCUT2D eigenvalue weighted by molar-refractivity contribution is 6.30. The number of carbonyl (C=O) groups excluding carboxylic acids is 1. The van der Waals surface area contributed by atoms with E-state index >= 15 is 0 Å². The van der Waals surface area contributed by atoms with Crippen molar-refractivity contribution in [3.8, 4) is 11.5 Å². The quantitative estimate of drug-likeness (QED) is 0.606. The van der Waals surface area contributed by atoms with Gasteiger partial charge in [0.2, 0.25) is 5.95 Å². The third-order valence-electron chi connectivity index (χ3n) is 4.66.